The molecule has 2 aromatic heterocycles. The zero-order chi connectivity index (χ0) is 19.0. The number of aromatic nitrogens is 3. The zero-order valence-corrected chi connectivity index (χ0v) is 15.2. The first kappa shape index (κ1) is 17.7. The minimum Gasteiger partial charge on any atom is -0.351 e. The van der Waals surface area contributed by atoms with E-state index < -0.39 is 11.7 Å². The number of amides is 1. The third-order valence-electron chi connectivity index (χ3n) is 3.85. The van der Waals surface area contributed by atoms with Crippen LogP contribution in [0.4, 0.5) is 14.5 Å². The zero-order valence-electron chi connectivity index (χ0n) is 13.6. The van der Waals surface area contributed by atoms with E-state index in [4.69, 9.17) is 11.6 Å². The predicted octanol–water partition coefficient (Wildman–Crippen LogP) is 4.77. The summed E-state index contributed by atoms with van der Waals surface area (Å²) in [6.45, 7) is 0. The molecule has 0 aliphatic carbocycles. The lowest BCUT2D eigenvalue weighted by Gasteiger charge is -2.06. The molecule has 0 spiro atoms. The maximum Gasteiger partial charge on any atom is 0.234 e. The highest BCUT2D eigenvalue weighted by Crippen LogP contribution is 2.30. The van der Waals surface area contributed by atoms with Gasteiger partial charge in [0.15, 0.2) is 0 Å². The molecule has 1 amide bonds. The van der Waals surface area contributed by atoms with Gasteiger partial charge in [0.05, 0.1) is 17.0 Å². The van der Waals surface area contributed by atoms with E-state index in [-0.39, 0.29) is 22.3 Å². The Labute approximate surface area is 161 Å². The largest absolute Gasteiger partial charge is 0.351 e. The van der Waals surface area contributed by atoms with Gasteiger partial charge in [0.2, 0.25) is 5.91 Å². The minimum atomic E-state index is -0.608. The van der Waals surface area contributed by atoms with Crippen molar-refractivity contribution < 1.29 is 13.6 Å². The van der Waals surface area contributed by atoms with Crippen LogP contribution < -0.4 is 5.32 Å². The van der Waals surface area contributed by atoms with Crippen molar-refractivity contribution in [3.05, 3.63) is 59.4 Å². The van der Waals surface area contributed by atoms with E-state index in [9.17, 15) is 13.6 Å². The van der Waals surface area contributed by atoms with Gasteiger partial charge in [0.1, 0.15) is 28.5 Å². The molecule has 0 atom stereocenters. The van der Waals surface area contributed by atoms with Crippen LogP contribution in [0.5, 0.6) is 0 Å². The predicted molar refractivity (Wildman–Crippen MR) is 102 cm³/mol. The fourth-order valence-corrected chi connectivity index (χ4v) is 3.58. The van der Waals surface area contributed by atoms with Gasteiger partial charge in [-0.25, -0.2) is 18.7 Å². The fraction of sp³-hybridized carbons (Fsp3) is 0.0556. The van der Waals surface area contributed by atoms with E-state index >= 15 is 0 Å². The number of carbonyl (C=O) groups excluding carboxylic acids is 1. The van der Waals surface area contributed by atoms with Crippen LogP contribution in [-0.4, -0.2) is 26.6 Å². The summed E-state index contributed by atoms with van der Waals surface area (Å²) in [4.78, 5) is 23.7. The highest BCUT2D eigenvalue weighted by atomic mass is 35.5. The van der Waals surface area contributed by atoms with Crippen molar-refractivity contribution in [1.82, 2.24) is 15.0 Å². The van der Waals surface area contributed by atoms with Gasteiger partial charge in [-0.2, -0.15) is 0 Å². The van der Waals surface area contributed by atoms with Gasteiger partial charge in [0, 0.05) is 15.9 Å². The van der Waals surface area contributed by atoms with Crippen LogP contribution >= 0.6 is 23.4 Å². The lowest BCUT2D eigenvalue weighted by Crippen LogP contribution is -2.15. The molecular formula is C18H11ClF2N4OS. The van der Waals surface area contributed by atoms with Crippen LogP contribution in [-0.2, 0) is 4.79 Å². The van der Waals surface area contributed by atoms with E-state index in [1.165, 1.54) is 42.4 Å². The van der Waals surface area contributed by atoms with Crippen LogP contribution in [0.2, 0.25) is 5.02 Å². The Kier molecular flexibility index (Phi) is 4.67. The highest BCUT2D eigenvalue weighted by molar-refractivity contribution is 8.00. The number of thioether (sulfide) groups is 1. The molecule has 9 heteroatoms. The molecule has 2 N–H and O–H groups in total. The molecule has 2 heterocycles. The molecule has 0 fully saturated rings. The summed E-state index contributed by atoms with van der Waals surface area (Å²) in [6.07, 6.45) is 1.36. The number of halogens is 3. The SMILES string of the molecule is O=C(CSc1ncnc2c1[nH]c1ccc(F)cc12)Nc1ccc(Cl)cc1F. The van der Waals surface area contributed by atoms with Crippen LogP contribution in [0.15, 0.2) is 47.8 Å². The number of nitrogens with zero attached hydrogens (tertiary/aromatic N) is 2. The van der Waals surface area contributed by atoms with E-state index in [0.29, 0.717) is 21.4 Å². The molecule has 0 saturated heterocycles. The van der Waals surface area contributed by atoms with Crippen molar-refractivity contribution in [2.24, 2.45) is 0 Å². The van der Waals surface area contributed by atoms with E-state index in [1.807, 2.05) is 0 Å². The Morgan fingerprint density at radius 2 is 2.04 bits per heavy atom. The van der Waals surface area contributed by atoms with Crippen LogP contribution in [0.1, 0.15) is 0 Å². The first-order valence-corrected chi connectivity index (χ1v) is 9.17. The molecule has 4 aromatic rings. The molecule has 5 nitrogen and oxygen atoms in total. The number of anilines is 1. The number of nitrogens with one attached hydrogen (secondary N) is 2. The summed E-state index contributed by atoms with van der Waals surface area (Å²) in [5.41, 5.74) is 1.97. The second kappa shape index (κ2) is 7.13. The van der Waals surface area contributed by atoms with E-state index in [0.717, 1.165) is 11.6 Å². The number of aromatic amines is 1. The Morgan fingerprint density at radius 1 is 1.19 bits per heavy atom. The Bertz CT molecular complexity index is 1180. The van der Waals surface area contributed by atoms with Crippen molar-refractivity contribution >= 4 is 56.9 Å². The van der Waals surface area contributed by atoms with Gasteiger partial charge in [-0.3, -0.25) is 4.79 Å². The number of hydrogen-bond donors (Lipinski definition) is 2. The van der Waals surface area contributed by atoms with Gasteiger partial charge < -0.3 is 10.3 Å². The number of benzene rings is 2. The van der Waals surface area contributed by atoms with Crippen molar-refractivity contribution in [1.29, 1.82) is 0 Å². The molecule has 0 aliphatic heterocycles. The first-order chi connectivity index (χ1) is 13.0. The van der Waals surface area contributed by atoms with Crippen molar-refractivity contribution in [3.8, 4) is 0 Å². The fourth-order valence-electron chi connectivity index (χ4n) is 2.66. The summed E-state index contributed by atoms with van der Waals surface area (Å²) < 4.78 is 27.3. The first-order valence-electron chi connectivity index (χ1n) is 7.81. The smallest absolute Gasteiger partial charge is 0.234 e. The van der Waals surface area contributed by atoms with Crippen molar-refractivity contribution in [2.75, 3.05) is 11.1 Å². The average Bonchev–Trinajstić information content (AvgIpc) is 3.01. The summed E-state index contributed by atoms with van der Waals surface area (Å²) in [7, 11) is 0. The number of rotatable bonds is 4. The quantitative estimate of drug-likeness (QED) is 0.379. The summed E-state index contributed by atoms with van der Waals surface area (Å²) in [6, 6.07) is 8.39. The maximum atomic E-state index is 13.8. The second-order valence-corrected chi connectivity index (χ2v) is 7.08. The lowest BCUT2D eigenvalue weighted by molar-refractivity contribution is -0.113. The van der Waals surface area contributed by atoms with Crippen molar-refractivity contribution in [3.63, 3.8) is 0 Å². The Morgan fingerprint density at radius 3 is 2.85 bits per heavy atom. The monoisotopic (exact) mass is 404 g/mol. The van der Waals surface area contributed by atoms with Gasteiger partial charge in [-0.15, -0.1) is 0 Å². The molecule has 0 aliphatic rings. The minimum absolute atomic E-state index is 0.0118. The summed E-state index contributed by atoms with van der Waals surface area (Å²) in [5, 5.41) is 3.93. The van der Waals surface area contributed by atoms with Gasteiger partial charge >= 0.3 is 0 Å². The number of carbonyl (C=O) groups is 1. The number of fused-ring (bicyclic) bond motifs is 3. The third-order valence-corrected chi connectivity index (χ3v) is 5.08. The van der Waals surface area contributed by atoms with Crippen molar-refractivity contribution in [2.45, 2.75) is 5.03 Å². The topological polar surface area (TPSA) is 70.7 Å². The maximum absolute atomic E-state index is 13.8. The van der Waals surface area contributed by atoms with Crippen LogP contribution in [0.3, 0.4) is 0 Å². The van der Waals surface area contributed by atoms with Crippen LogP contribution in [0.25, 0.3) is 21.9 Å². The van der Waals surface area contributed by atoms with E-state index in [1.54, 1.807) is 6.07 Å². The summed E-state index contributed by atoms with van der Waals surface area (Å²) in [5.74, 6) is -1.35. The second-order valence-electron chi connectivity index (χ2n) is 5.68. The van der Waals surface area contributed by atoms with E-state index in [2.05, 4.69) is 20.3 Å². The third kappa shape index (κ3) is 3.58. The van der Waals surface area contributed by atoms with Crippen LogP contribution in [0, 0.1) is 11.6 Å². The summed E-state index contributed by atoms with van der Waals surface area (Å²) >= 11 is 6.86. The molecule has 0 bridgehead atoms. The van der Waals surface area contributed by atoms with Gasteiger partial charge in [-0.05, 0) is 36.4 Å². The van der Waals surface area contributed by atoms with Gasteiger partial charge in [-0.1, -0.05) is 23.4 Å². The Balaban J connectivity index is 1.55. The lowest BCUT2D eigenvalue weighted by atomic mass is 10.2. The molecule has 136 valence electrons. The highest BCUT2D eigenvalue weighted by Gasteiger charge is 2.14. The molecule has 4 rings (SSSR count). The molecule has 0 radical (unpaired) electrons. The normalized spacial score (nSPS) is 11.2. The molecule has 0 unspecified atom stereocenters. The molecular weight excluding hydrogens is 394 g/mol. The molecule has 27 heavy (non-hydrogen) atoms. The standard InChI is InChI=1S/C18H11ClF2N4OS/c19-9-1-3-14(12(21)5-9)24-15(26)7-27-18-17-16(22-8-23-18)11-6-10(20)2-4-13(11)25-17/h1-6,8,25H,7H2,(H,24,26). The Hall–Kier alpha value is -2.71. The molecule has 0 saturated carbocycles. The number of hydrogen-bond acceptors (Lipinski definition) is 4. The molecule has 2 aromatic carbocycles. The number of H-pyrrole nitrogens is 1. The average molecular weight is 405 g/mol. The van der Waals surface area contributed by atoms with Gasteiger partial charge in [0.25, 0.3) is 0 Å².